The molecule has 1 aromatic carbocycles. The molecule has 0 unspecified atom stereocenters. The molecular formula is C17H16N2O3S. The largest absolute Gasteiger partial charge is 0.459 e. The Labute approximate surface area is 137 Å². The number of hydrogen-bond acceptors (Lipinski definition) is 5. The summed E-state index contributed by atoms with van der Waals surface area (Å²) in [6.07, 6.45) is 0.947. The number of rotatable bonds is 5. The maximum atomic E-state index is 12.0. The molecule has 3 rings (SSSR count). The monoisotopic (exact) mass is 328 g/mol. The topological polar surface area (TPSA) is 60.7 Å². The number of benzene rings is 1. The van der Waals surface area contributed by atoms with Gasteiger partial charge in [-0.2, -0.15) is 0 Å². The molecular weight excluding hydrogens is 312 g/mol. The second-order valence-electron chi connectivity index (χ2n) is 5.23. The van der Waals surface area contributed by atoms with E-state index < -0.39 is 0 Å². The van der Waals surface area contributed by atoms with E-state index in [1.165, 1.54) is 17.4 Å². The molecule has 0 saturated heterocycles. The average Bonchev–Trinajstić information content (AvgIpc) is 2.93. The Kier molecular flexibility index (Phi) is 4.52. The van der Waals surface area contributed by atoms with Crippen LogP contribution in [0.5, 0.6) is 0 Å². The molecule has 0 amide bonds. The highest BCUT2D eigenvalue weighted by atomic mass is 32.1. The lowest BCUT2D eigenvalue weighted by molar-refractivity contribution is -0.145. The maximum absolute atomic E-state index is 12.0. The minimum Gasteiger partial charge on any atom is -0.459 e. The third kappa shape index (κ3) is 3.65. The van der Waals surface area contributed by atoms with Crippen LogP contribution >= 0.6 is 11.3 Å². The van der Waals surface area contributed by atoms with Gasteiger partial charge >= 0.3 is 5.97 Å². The van der Waals surface area contributed by atoms with E-state index in [1.54, 1.807) is 4.40 Å². The van der Waals surface area contributed by atoms with Gasteiger partial charge in [0.2, 0.25) is 0 Å². The number of esters is 1. The Hall–Kier alpha value is -2.47. The van der Waals surface area contributed by atoms with Crippen molar-refractivity contribution in [2.45, 2.75) is 26.4 Å². The van der Waals surface area contributed by atoms with E-state index in [-0.39, 0.29) is 18.1 Å². The lowest BCUT2D eigenvalue weighted by Gasteiger charge is -2.05. The zero-order valence-corrected chi connectivity index (χ0v) is 13.5. The number of nitrogens with zero attached hydrogens (tertiary/aromatic N) is 2. The molecule has 0 aliphatic rings. The van der Waals surface area contributed by atoms with Crippen LogP contribution in [-0.4, -0.2) is 15.4 Å². The highest BCUT2D eigenvalue weighted by Crippen LogP contribution is 2.12. The van der Waals surface area contributed by atoms with E-state index in [0.29, 0.717) is 23.5 Å². The summed E-state index contributed by atoms with van der Waals surface area (Å²) < 4.78 is 6.76. The van der Waals surface area contributed by atoms with Crippen molar-refractivity contribution in [2.24, 2.45) is 0 Å². The van der Waals surface area contributed by atoms with Gasteiger partial charge in [0.1, 0.15) is 6.61 Å². The quantitative estimate of drug-likeness (QED) is 0.676. The molecule has 0 bridgehead atoms. The van der Waals surface area contributed by atoms with Crippen molar-refractivity contribution < 1.29 is 9.53 Å². The van der Waals surface area contributed by atoms with Gasteiger partial charge in [-0.1, -0.05) is 30.3 Å². The molecule has 0 saturated carbocycles. The standard InChI is InChI=1S/C17H16N2O3S/c1-12-11-23-17-18-14(9-15(20)19(12)17)10-22-16(21)8-7-13-5-3-2-4-6-13/h2-6,9,11H,7-8,10H2,1H3. The maximum Gasteiger partial charge on any atom is 0.306 e. The summed E-state index contributed by atoms with van der Waals surface area (Å²) in [5, 5.41) is 1.87. The fraction of sp³-hybridized carbons (Fsp3) is 0.235. The van der Waals surface area contributed by atoms with Crippen LogP contribution in [0.1, 0.15) is 23.4 Å². The zero-order chi connectivity index (χ0) is 16.2. The highest BCUT2D eigenvalue weighted by Gasteiger charge is 2.09. The fourth-order valence-electron chi connectivity index (χ4n) is 2.29. The molecule has 0 spiro atoms. The van der Waals surface area contributed by atoms with Crippen molar-refractivity contribution in [1.82, 2.24) is 9.38 Å². The second kappa shape index (κ2) is 6.75. The predicted octanol–water partition coefficient (Wildman–Crippen LogP) is 2.74. The van der Waals surface area contributed by atoms with E-state index in [0.717, 1.165) is 11.3 Å². The van der Waals surface area contributed by atoms with Crippen molar-refractivity contribution in [3.8, 4) is 0 Å². The van der Waals surface area contributed by atoms with E-state index >= 15 is 0 Å². The Balaban J connectivity index is 1.60. The van der Waals surface area contributed by atoms with Gasteiger partial charge in [-0.15, -0.1) is 11.3 Å². The van der Waals surface area contributed by atoms with Crippen LogP contribution in [0.4, 0.5) is 0 Å². The van der Waals surface area contributed by atoms with Crippen LogP contribution in [0.25, 0.3) is 4.96 Å². The second-order valence-corrected chi connectivity index (χ2v) is 6.06. The number of ether oxygens (including phenoxy) is 1. The number of thiazole rings is 1. The van der Waals surface area contributed by atoms with E-state index in [4.69, 9.17) is 4.74 Å². The van der Waals surface area contributed by atoms with Crippen molar-refractivity contribution >= 4 is 22.3 Å². The van der Waals surface area contributed by atoms with E-state index in [2.05, 4.69) is 4.98 Å². The molecule has 0 atom stereocenters. The van der Waals surface area contributed by atoms with Crippen LogP contribution in [-0.2, 0) is 22.6 Å². The van der Waals surface area contributed by atoms with Crippen molar-refractivity contribution in [3.05, 3.63) is 69.1 Å². The highest BCUT2D eigenvalue weighted by molar-refractivity contribution is 7.15. The van der Waals surface area contributed by atoms with Crippen molar-refractivity contribution in [3.63, 3.8) is 0 Å². The summed E-state index contributed by atoms with van der Waals surface area (Å²) in [5.74, 6) is -0.293. The molecule has 0 radical (unpaired) electrons. The van der Waals surface area contributed by atoms with Crippen LogP contribution in [0, 0.1) is 6.92 Å². The third-order valence-corrected chi connectivity index (χ3v) is 4.41. The van der Waals surface area contributed by atoms with E-state index in [1.807, 2.05) is 42.6 Å². The van der Waals surface area contributed by atoms with Gasteiger partial charge < -0.3 is 4.74 Å². The summed E-state index contributed by atoms with van der Waals surface area (Å²) in [5.41, 5.74) is 2.28. The minimum atomic E-state index is -0.293. The first-order valence-corrected chi connectivity index (χ1v) is 8.18. The summed E-state index contributed by atoms with van der Waals surface area (Å²) in [6, 6.07) is 11.2. The van der Waals surface area contributed by atoms with Gasteiger partial charge in [0.15, 0.2) is 4.96 Å². The molecule has 0 N–H and O–H groups in total. The number of aryl methyl sites for hydroxylation is 2. The molecule has 0 aliphatic carbocycles. The Bertz CT molecular complexity index is 884. The van der Waals surface area contributed by atoms with Gasteiger partial charge in [-0.05, 0) is 18.9 Å². The van der Waals surface area contributed by atoms with Crippen LogP contribution in [0.3, 0.4) is 0 Å². The first-order chi connectivity index (χ1) is 11.1. The summed E-state index contributed by atoms with van der Waals surface area (Å²) in [6.45, 7) is 1.88. The van der Waals surface area contributed by atoms with Gasteiger partial charge in [0.25, 0.3) is 5.56 Å². The molecule has 0 fully saturated rings. The zero-order valence-electron chi connectivity index (χ0n) is 12.7. The fourth-order valence-corrected chi connectivity index (χ4v) is 3.18. The smallest absolute Gasteiger partial charge is 0.306 e. The normalized spacial score (nSPS) is 10.8. The van der Waals surface area contributed by atoms with Gasteiger partial charge in [0, 0.05) is 23.6 Å². The molecule has 118 valence electrons. The SMILES string of the molecule is Cc1csc2nc(COC(=O)CCc3ccccc3)cc(=O)n12. The molecule has 23 heavy (non-hydrogen) atoms. The average molecular weight is 328 g/mol. The Morgan fingerprint density at radius 3 is 2.87 bits per heavy atom. The van der Waals surface area contributed by atoms with Crippen molar-refractivity contribution in [1.29, 1.82) is 0 Å². The molecule has 2 heterocycles. The number of aromatic nitrogens is 2. The third-order valence-electron chi connectivity index (χ3n) is 3.47. The lowest BCUT2D eigenvalue weighted by Crippen LogP contribution is -2.16. The molecule has 0 aliphatic heterocycles. The van der Waals surface area contributed by atoms with Gasteiger partial charge in [-0.25, -0.2) is 4.98 Å². The Morgan fingerprint density at radius 2 is 2.09 bits per heavy atom. The van der Waals surface area contributed by atoms with Gasteiger partial charge in [0.05, 0.1) is 5.69 Å². The molecule has 6 heteroatoms. The molecule has 2 aromatic heterocycles. The lowest BCUT2D eigenvalue weighted by atomic mass is 10.1. The summed E-state index contributed by atoms with van der Waals surface area (Å²) >= 11 is 1.40. The number of carbonyl (C=O) groups is 1. The minimum absolute atomic E-state index is 0.0241. The summed E-state index contributed by atoms with van der Waals surface area (Å²) in [7, 11) is 0. The number of hydrogen-bond donors (Lipinski definition) is 0. The van der Waals surface area contributed by atoms with Gasteiger partial charge in [-0.3, -0.25) is 14.0 Å². The van der Waals surface area contributed by atoms with Crippen LogP contribution in [0.15, 0.2) is 46.6 Å². The Morgan fingerprint density at radius 1 is 1.30 bits per heavy atom. The first kappa shape index (κ1) is 15.4. The first-order valence-electron chi connectivity index (χ1n) is 7.30. The summed E-state index contributed by atoms with van der Waals surface area (Å²) in [4.78, 5) is 28.8. The molecule has 5 nitrogen and oxygen atoms in total. The predicted molar refractivity (Wildman–Crippen MR) is 88.6 cm³/mol. The molecule has 3 aromatic rings. The van der Waals surface area contributed by atoms with Crippen LogP contribution < -0.4 is 5.56 Å². The number of fused-ring (bicyclic) bond motifs is 1. The number of carbonyl (C=O) groups excluding carboxylic acids is 1. The van der Waals surface area contributed by atoms with Crippen LogP contribution in [0.2, 0.25) is 0 Å². The van der Waals surface area contributed by atoms with E-state index in [9.17, 15) is 9.59 Å². The van der Waals surface area contributed by atoms with Crippen molar-refractivity contribution in [2.75, 3.05) is 0 Å².